The van der Waals surface area contributed by atoms with Gasteiger partial charge in [0.2, 0.25) is 0 Å². The van der Waals surface area contributed by atoms with E-state index >= 15 is 0 Å². The lowest BCUT2D eigenvalue weighted by Gasteiger charge is -2.44. The van der Waals surface area contributed by atoms with Crippen LogP contribution in [0.4, 0.5) is 34.1 Å². The molecule has 0 fully saturated rings. The maximum atomic E-state index is 10.5. The van der Waals surface area contributed by atoms with E-state index in [0.717, 1.165) is 120 Å². The van der Waals surface area contributed by atoms with Gasteiger partial charge in [-0.2, -0.15) is 15.8 Å². The maximum Gasteiger partial charge on any atom is 0.252 e. The van der Waals surface area contributed by atoms with E-state index < -0.39 is 0 Å². The third-order valence-electron chi connectivity index (χ3n) is 15.6. The summed E-state index contributed by atoms with van der Waals surface area (Å²) in [6, 6.07) is 84.1. The van der Waals surface area contributed by atoms with Crippen molar-refractivity contribution in [1.82, 2.24) is 19.5 Å². The van der Waals surface area contributed by atoms with Gasteiger partial charge < -0.3 is 14.4 Å². The number of nitriles is 3. The van der Waals surface area contributed by atoms with E-state index in [4.69, 9.17) is 15.0 Å². The van der Waals surface area contributed by atoms with E-state index in [9.17, 15) is 15.8 Å². The molecule has 374 valence electrons. The Kier molecular flexibility index (Phi) is 11.7. The van der Waals surface area contributed by atoms with Crippen LogP contribution >= 0.6 is 0 Å². The second kappa shape index (κ2) is 19.6. The Labute approximate surface area is 463 Å². The lowest BCUT2D eigenvalue weighted by molar-refractivity contribution is 0.796. The van der Waals surface area contributed by atoms with E-state index in [2.05, 4.69) is 149 Å². The van der Waals surface area contributed by atoms with E-state index in [1.54, 1.807) is 0 Å². The molecule has 9 nitrogen and oxygen atoms in total. The first-order valence-electron chi connectivity index (χ1n) is 26.9. The van der Waals surface area contributed by atoms with Gasteiger partial charge in [0.15, 0.2) is 17.5 Å². The molecule has 12 aromatic rings. The molecule has 0 spiro atoms. The van der Waals surface area contributed by atoms with Gasteiger partial charge in [-0.3, -0.25) is 0 Å². The Morgan fingerprint density at radius 1 is 0.412 bits per heavy atom. The fraction of sp³-hybridized carbons (Fsp3) is 0.0571. The summed E-state index contributed by atoms with van der Waals surface area (Å²) in [5, 5.41) is 33.4. The van der Waals surface area contributed by atoms with Gasteiger partial charge in [0.05, 0.1) is 51.6 Å². The van der Waals surface area contributed by atoms with Crippen molar-refractivity contribution < 1.29 is 0 Å². The Morgan fingerprint density at radius 3 is 1.41 bits per heavy atom. The number of aryl methyl sites for hydroxylation is 1. The molecule has 10 aromatic carbocycles. The van der Waals surface area contributed by atoms with Crippen LogP contribution in [-0.2, 0) is 6.42 Å². The molecule has 2 aliphatic rings. The van der Waals surface area contributed by atoms with Crippen LogP contribution < -0.4 is 26.2 Å². The molecular formula is C70H46BN9. The highest BCUT2D eigenvalue weighted by Gasteiger charge is 2.44. The Morgan fingerprint density at radius 2 is 0.887 bits per heavy atom. The minimum Gasteiger partial charge on any atom is -0.311 e. The molecular weight excluding hydrogens is 978 g/mol. The van der Waals surface area contributed by atoms with E-state index in [1.807, 2.05) is 115 Å². The number of anilines is 6. The van der Waals surface area contributed by atoms with Crippen LogP contribution in [0.5, 0.6) is 0 Å². The van der Waals surface area contributed by atoms with Gasteiger partial charge in [-0.1, -0.05) is 123 Å². The summed E-state index contributed by atoms with van der Waals surface area (Å²) in [4.78, 5) is 20.1. The molecule has 0 N–H and O–H groups in total. The first-order valence-corrected chi connectivity index (χ1v) is 26.9. The number of aromatic nitrogens is 4. The molecule has 80 heavy (non-hydrogen) atoms. The van der Waals surface area contributed by atoms with Crippen LogP contribution in [0.2, 0.25) is 0 Å². The first kappa shape index (κ1) is 47.6. The van der Waals surface area contributed by atoms with Crippen molar-refractivity contribution in [2.75, 3.05) is 9.80 Å². The van der Waals surface area contributed by atoms with Gasteiger partial charge in [0.25, 0.3) is 6.71 Å². The lowest BCUT2D eigenvalue weighted by Crippen LogP contribution is -2.61. The SMILES string of the molecule is CCCCc1ccc2c(c1)c1cc(-c3cc4c5c(c3)N(c3ccccc3)c3ccc(C#N)cc3B5c3cc(C#N)ccc3N4c3ccccc3)ccc1n2-c1ccc(C#N)cc1-c1nc(-c2ccccc2)nc(-c2ccccc2)n1. The number of nitrogens with zero attached hydrogens (tertiary/aromatic N) is 9. The van der Waals surface area contributed by atoms with E-state index in [-0.39, 0.29) is 6.71 Å². The summed E-state index contributed by atoms with van der Waals surface area (Å²) < 4.78 is 2.30. The van der Waals surface area contributed by atoms with Gasteiger partial charge in [0.1, 0.15) is 0 Å². The van der Waals surface area contributed by atoms with Gasteiger partial charge in [-0.05, 0) is 161 Å². The number of hydrogen-bond donors (Lipinski definition) is 0. The number of fused-ring (bicyclic) bond motifs is 7. The third kappa shape index (κ3) is 7.96. The Bertz CT molecular complexity index is 4390. The summed E-state index contributed by atoms with van der Waals surface area (Å²) in [7, 11) is 0. The number of hydrogen-bond acceptors (Lipinski definition) is 8. The monoisotopic (exact) mass is 1020 g/mol. The van der Waals surface area contributed by atoms with Crippen molar-refractivity contribution in [1.29, 1.82) is 15.8 Å². The number of benzene rings is 10. The summed E-state index contributed by atoms with van der Waals surface area (Å²) in [5.74, 6) is 1.53. The summed E-state index contributed by atoms with van der Waals surface area (Å²) >= 11 is 0. The van der Waals surface area contributed by atoms with Crippen molar-refractivity contribution in [3.05, 3.63) is 247 Å². The van der Waals surface area contributed by atoms with Crippen LogP contribution in [0.1, 0.15) is 42.0 Å². The molecule has 0 atom stereocenters. The molecule has 0 bridgehead atoms. The highest BCUT2D eigenvalue weighted by molar-refractivity contribution is 7.00. The molecule has 0 aliphatic carbocycles. The predicted molar refractivity (Wildman–Crippen MR) is 323 cm³/mol. The topological polar surface area (TPSA) is 121 Å². The molecule has 14 rings (SSSR count). The summed E-state index contributed by atoms with van der Waals surface area (Å²) in [6.07, 6.45) is 3.10. The van der Waals surface area contributed by atoms with Gasteiger partial charge >= 0.3 is 0 Å². The maximum absolute atomic E-state index is 10.5. The zero-order chi connectivity index (χ0) is 53.8. The fourth-order valence-corrected chi connectivity index (χ4v) is 12.0. The van der Waals surface area contributed by atoms with Crippen molar-refractivity contribution >= 4 is 79.0 Å². The van der Waals surface area contributed by atoms with Gasteiger partial charge in [0, 0.05) is 61.6 Å². The van der Waals surface area contributed by atoms with Gasteiger partial charge in [-0.25, -0.2) is 15.0 Å². The molecule has 0 saturated carbocycles. The zero-order valence-corrected chi connectivity index (χ0v) is 43.6. The highest BCUT2D eigenvalue weighted by Crippen LogP contribution is 2.47. The minimum atomic E-state index is -0.291. The quantitative estimate of drug-likeness (QED) is 0.124. The second-order valence-corrected chi connectivity index (χ2v) is 20.4. The van der Waals surface area contributed by atoms with Crippen molar-refractivity contribution in [2.24, 2.45) is 0 Å². The molecule has 0 saturated heterocycles. The normalized spacial score (nSPS) is 12.1. The summed E-state index contributed by atoms with van der Waals surface area (Å²) in [6.45, 7) is 1.94. The third-order valence-corrected chi connectivity index (χ3v) is 15.6. The molecule has 0 unspecified atom stereocenters. The highest BCUT2D eigenvalue weighted by atomic mass is 15.2. The first-order chi connectivity index (χ1) is 39.5. The fourth-order valence-electron chi connectivity index (χ4n) is 12.0. The van der Waals surface area contributed by atoms with Crippen molar-refractivity contribution in [3.8, 4) is 69.2 Å². The van der Waals surface area contributed by atoms with Crippen molar-refractivity contribution in [3.63, 3.8) is 0 Å². The van der Waals surface area contributed by atoms with Crippen LogP contribution in [0.3, 0.4) is 0 Å². The molecule has 10 heteroatoms. The second-order valence-electron chi connectivity index (χ2n) is 20.4. The van der Waals surface area contributed by atoms with Crippen LogP contribution in [0.15, 0.2) is 224 Å². The molecule has 2 aliphatic heterocycles. The zero-order valence-electron chi connectivity index (χ0n) is 43.6. The standard InChI is InChI=1S/C70H46BN9/c1-2-3-16-45-25-30-60-55(35-45)56-39-51(29-34-61(56)80(60)62-31-26-46(42-72)36-57(62)70-76-68(49-17-8-4-9-18-49)75-69(77-70)50-19-10-5-11-20-50)52-40-65-67-66(41-52)79(54-23-14-7-15-24-54)64-33-28-48(44-74)38-59(64)71(67)58-37-47(43-73)27-32-63(58)78(65)53-21-12-6-13-22-53/h4-15,17-41H,2-3,16H2,1H3. The smallest absolute Gasteiger partial charge is 0.252 e. The number of para-hydroxylation sites is 2. The van der Waals surface area contributed by atoms with Crippen LogP contribution in [0, 0.1) is 34.0 Å². The number of rotatable bonds is 10. The summed E-state index contributed by atoms with van der Waals surface area (Å²) in [5.41, 5.74) is 19.2. The molecule has 0 radical (unpaired) electrons. The lowest BCUT2D eigenvalue weighted by atomic mass is 9.33. The average Bonchev–Trinajstić information content (AvgIpc) is 4.00. The Balaban J connectivity index is 1.03. The van der Waals surface area contributed by atoms with Gasteiger partial charge in [-0.15, -0.1) is 0 Å². The molecule has 4 heterocycles. The molecule has 0 amide bonds. The van der Waals surface area contributed by atoms with E-state index in [1.165, 1.54) is 5.56 Å². The van der Waals surface area contributed by atoms with Crippen LogP contribution in [-0.4, -0.2) is 26.2 Å². The molecule has 2 aromatic heterocycles. The largest absolute Gasteiger partial charge is 0.311 e. The minimum absolute atomic E-state index is 0.291. The van der Waals surface area contributed by atoms with Crippen molar-refractivity contribution in [2.45, 2.75) is 26.2 Å². The Hall–Kier alpha value is -10.9. The average molecular weight is 1020 g/mol. The predicted octanol–water partition coefficient (Wildman–Crippen LogP) is 14.7. The number of unbranched alkanes of at least 4 members (excludes halogenated alkanes) is 1. The van der Waals surface area contributed by atoms with E-state index in [0.29, 0.717) is 39.7 Å². The van der Waals surface area contributed by atoms with Crippen LogP contribution in [0.25, 0.3) is 72.8 Å².